The molecule has 19 heavy (non-hydrogen) atoms. The van der Waals surface area contributed by atoms with Gasteiger partial charge < -0.3 is 4.74 Å². The van der Waals surface area contributed by atoms with Crippen LogP contribution in [0, 0.1) is 18.6 Å². The van der Waals surface area contributed by atoms with Gasteiger partial charge in [-0.2, -0.15) is 0 Å². The van der Waals surface area contributed by atoms with Crippen LogP contribution >= 0.6 is 0 Å². The number of Topliss-reactive ketones (excluding diaryl/α,β-unsaturated/α-hetero) is 1. The summed E-state index contributed by atoms with van der Waals surface area (Å²) in [6, 6.07) is 2.79. The van der Waals surface area contributed by atoms with E-state index in [9.17, 15) is 13.6 Å². The van der Waals surface area contributed by atoms with Crippen molar-refractivity contribution < 1.29 is 18.3 Å². The molecule has 0 N–H and O–H groups in total. The van der Waals surface area contributed by atoms with Crippen molar-refractivity contribution in [3.8, 4) is 0 Å². The van der Waals surface area contributed by atoms with Gasteiger partial charge in [0.25, 0.3) is 0 Å². The number of aryl methyl sites for hydroxylation is 1. The molecule has 1 aliphatic rings. The number of ketones is 1. The van der Waals surface area contributed by atoms with Crippen LogP contribution in [0.1, 0.15) is 48.5 Å². The zero-order valence-electron chi connectivity index (χ0n) is 11.3. The first-order valence-corrected chi connectivity index (χ1v) is 6.65. The molecule has 0 saturated heterocycles. The highest BCUT2D eigenvalue weighted by atomic mass is 19.2. The van der Waals surface area contributed by atoms with Gasteiger partial charge >= 0.3 is 0 Å². The fraction of sp³-hybridized carbons (Fsp3) is 0.533. The Morgan fingerprint density at radius 2 is 1.89 bits per heavy atom. The third-order valence-electron chi connectivity index (χ3n) is 3.77. The number of benzene rings is 1. The van der Waals surface area contributed by atoms with E-state index in [1.54, 1.807) is 6.92 Å². The molecular weight excluding hydrogens is 250 g/mol. The minimum absolute atomic E-state index is 0.196. The molecular formula is C15H18F2O2. The van der Waals surface area contributed by atoms with Crippen LogP contribution in [0.3, 0.4) is 0 Å². The molecule has 2 rings (SSSR count). The van der Waals surface area contributed by atoms with Gasteiger partial charge in [0.1, 0.15) is 5.60 Å². The summed E-state index contributed by atoms with van der Waals surface area (Å²) in [6.07, 6.45) is 2.91. The molecule has 1 aromatic carbocycles. The maximum atomic E-state index is 13.9. The maximum absolute atomic E-state index is 13.9. The van der Waals surface area contributed by atoms with E-state index in [0.29, 0.717) is 19.4 Å². The molecule has 1 saturated carbocycles. The highest BCUT2D eigenvalue weighted by Gasteiger charge is 2.43. The molecule has 0 bridgehead atoms. The molecule has 0 radical (unpaired) electrons. The number of rotatable bonds is 4. The number of hydrogen-bond donors (Lipinski definition) is 0. The van der Waals surface area contributed by atoms with Crippen LogP contribution in [-0.2, 0) is 4.74 Å². The van der Waals surface area contributed by atoms with Gasteiger partial charge in [0, 0.05) is 6.61 Å². The highest BCUT2D eigenvalue weighted by molar-refractivity contribution is 6.03. The summed E-state index contributed by atoms with van der Waals surface area (Å²) in [5.74, 6) is -2.44. The van der Waals surface area contributed by atoms with Crippen molar-refractivity contribution >= 4 is 5.78 Å². The van der Waals surface area contributed by atoms with Crippen molar-refractivity contribution in [3.63, 3.8) is 0 Å². The smallest absolute Gasteiger partial charge is 0.197 e. The van der Waals surface area contributed by atoms with E-state index in [4.69, 9.17) is 4.74 Å². The number of hydrogen-bond acceptors (Lipinski definition) is 2. The zero-order valence-corrected chi connectivity index (χ0v) is 11.3. The first-order chi connectivity index (χ1) is 9.02. The molecule has 0 atom stereocenters. The summed E-state index contributed by atoms with van der Waals surface area (Å²) >= 11 is 0. The lowest BCUT2D eigenvalue weighted by Crippen LogP contribution is -2.39. The first-order valence-electron chi connectivity index (χ1n) is 6.65. The van der Waals surface area contributed by atoms with E-state index >= 15 is 0 Å². The standard InChI is InChI=1S/C15H18F2O2/c1-3-19-15(8-4-5-9-15)14(18)11-7-6-10(2)12(16)13(11)17/h6-7H,3-5,8-9H2,1-2H3. The van der Waals surface area contributed by atoms with Gasteiger partial charge in [-0.15, -0.1) is 0 Å². The Balaban J connectivity index is 2.40. The second-order valence-electron chi connectivity index (χ2n) is 5.02. The quantitative estimate of drug-likeness (QED) is 0.776. The average Bonchev–Trinajstić information content (AvgIpc) is 2.86. The minimum Gasteiger partial charge on any atom is -0.367 e. The number of ether oxygens (including phenoxy) is 1. The number of halogens is 2. The van der Waals surface area contributed by atoms with Crippen molar-refractivity contribution in [2.45, 2.75) is 45.1 Å². The van der Waals surface area contributed by atoms with Crippen LogP contribution in [0.4, 0.5) is 8.78 Å². The summed E-state index contributed by atoms with van der Waals surface area (Å²) in [7, 11) is 0. The molecule has 0 spiro atoms. The van der Waals surface area contributed by atoms with E-state index < -0.39 is 23.0 Å². The molecule has 0 unspecified atom stereocenters. The monoisotopic (exact) mass is 268 g/mol. The van der Waals surface area contributed by atoms with Gasteiger partial charge in [0.15, 0.2) is 17.4 Å². The zero-order chi connectivity index (χ0) is 14.0. The second kappa shape index (κ2) is 5.37. The third kappa shape index (κ3) is 2.41. The van der Waals surface area contributed by atoms with Crippen LogP contribution in [0.5, 0.6) is 0 Å². The van der Waals surface area contributed by atoms with Crippen LogP contribution in [0.25, 0.3) is 0 Å². The van der Waals surface area contributed by atoms with E-state index in [2.05, 4.69) is 0 Å². The Morgan fingerprint density at radius 1 is 1.26 bits per heavy atom. The molecule has 0 heterocycles. The van der Waals surface area contributed by atoms with Gasteiger partial charge in [-0.05, 0) is 51.2 Å². The highest BCUT2D eigenvalue weighted by Crippen LogP contribution is 2.37. The Kier molecular flexibility index (Phi) is 3.99. The molecule has 1 fully saturated rings. The maximum Gasteiger partial charge on any atom is 0.197 e. The summed E-state index contributed by atoms with van der Waals surface area (Å²) in [6.45, 7) is 3.67. The van der Waals surface area contributed by atoms with Gasteiger partial charge in [-0.3, -0.25) is 4.79 Å². The molecule has 2 nitrogen and oxygen atoms in total. The lowest BCUT2D eigenvalue weighted by molar-refractivity contribution is -0.0166. The molecule has 0 amide bonds. The first kappa shape index (κ1) is 14.1. The fourth-order valence-corrected chi connectivity index (χ4v) is 2.73. The molecule has 1 aromatic rings. The van der Waals surface area contributed by atoms with Crippen molar-refractivity contribution in [1.82, 2.24) is 0 Å². The van der Waals surface area contributed by atoms with Crippen molar-refractivity contribution in [1.29, 1.82) is 0 Å². The number of carbonyl (C=O) groups is 1. The SMILES string of the molecule is CCOC1(C(=O)c2ccc(C)c(F)c2F)CCCC1. The Labute approximate surface area is 111 Å². The van der Waals surface area contributed by atoms with Crippen molar-refractivity contribution in [2.75, 3.05) is 6.61 Å². The van der Waals surface area contributed by atoms with Gasteiger partial charge in [0.2, 0.25) is 0 Å². The van der Waals surface area contributed by atoms with E-state index in [0.717, 1.165) is 12.8 Å². The fourth-order valence-electron chi connectivity index (χ4n) is 2.73. The van der Waals surface area contributed by atoms with Crippen LogP contribution < -0.4 is 0 Å². The Hall–Kier alpha value is -1.29. The van der Waals surface area contributed by atoms with Crippen molar-refractivity contribution in [2.24, 2.45) is 0 Å². The predicted molar refractivity (Wildman–Crippen MR) is 68.3 cm³/mol. The largest absolute Gasteiger partial charge is 0.367 e. The topological polar surface area (TPSA) is 26.3 Å². The van der Waals surface area contributed by atoms with Crippen LogP contribution in [0.2, 0.25) is 0 Å². The molecule has 104 valence electrons. The average molecular weight is 268 g/mol. The van der Waals surface area contributed by atoms with E-state index in [-0.39, 0.29) is 11.1 Å². The Morgan fingerprint density at radius 3 is 2.47 bits per heavy atom. The summed E-state index contributed by atoms with van der Waals surface area (Å²) in [5, 5.41) is 0. The molecule has 0 aliphatic heterocycles. The van der Waals surface area contributed by atoms with Crippen molar-refractivity contribution in [3.05, 3.63) is 34.9 Å². The van der Waals surface area contributed by atoms with Crippen LogP contribution in [-0.4, -0.2) is 18.0 Å². The van der Waals surface area contributed by atoms with Gasteiger partial charge in [0.05, 0.1) is 5.56 Å². The molecule has 0 aromatic heterocycles. The van der Waals surface area contributed by atoms with E-state index in [1.165, 1.54) is 19.1 Å². The summed E-state index contributed by atoms with van der Waals surface area (Å²) in [4.78, 5) is 12.5. The molecule has 4 heteroatoms. The summed E-state index contributed by atoms with van der Waals surface area (Å²) in [5.41, 5.74) is -0.957. The third-order valence-corrected chi connectivity index (χ3v) is 3.77. The lowest BCUT2D eigenvalue weighted by Gasteiger charge is -2.27. The number of carbonyl (C=O) groups excluding carboxylic acids is 1. The predicted octanol–water partition coefficient (Wildman–Crippen LogP) is 3.81. The van der Waals surface area contributed by atoms with Gasteiger partial charge in [-0.1, -0.05) is 6.07 Å². The lowest BCUT2D eigenvalue weighted by atomic mass is 9.90. The second-order valence-corrected chi connectivity index (χ2v) is 5.02. The minimum atomic E-state index is -1.06. The molecule has 1 aliphatic carbocycles. The summed E-state index contributed by atoms with van der Waals surface area (Å²) < 4.78 is 33.1. The van der Waals surface area contributed by atoms with Crippen LogP contribution in [0.15, 0.2) is 12.1 Å². The Bertz CT molecular complexity index is 491. The normalized spacial score (nSPS) is 17.7. The van der Waals surface area contributed by atoms with E-state index in [1.807, 2.05) is 0 Å². The van der Waals surface area contributed by atoms with Gasteiger partial charge in [-0.25, -0.2) is 8.78 Å².